The van der Waals surface area contributed by atoms with Gasteiger partial charge < -0.3 is 5.11 Å². The standard InChI is InChI=1S/C13H8F3NO2/c14-8-2-4-12(17-13(18)19)9(6-8)7-1-3-10(15)11(16)5-7/h1-6,17H,(H,18,19). The molecule has 6 heteroatoms. The van der Waals surface area contributed by atoms with Gasteiger partial charge in [-0.3, -0.25) is 5.32 Å². The van der Waals surface area contributed by atoms with Crippen LogP contribution in [0.3, 0.4) is 0 Å². The third kappa shape index (κ3) is 2.85. The van der Waals surface area contributed by atoms with Crippen LogP contribution in [0.25, 0.3) is 11.1 Å². The van der Waals surface area contributed by atoms with Crippen molar-refractivity contribution in [3.63, 3.8) is 0 Å². The SMILES string of the molecule is O=C(O)Nc1ccc(F)cc1-c1ccc(F)c(F)c1. The summed E-state index contributed by atoms with van der Waals surface area (Å²) in [6.45, 7) is 0. The third-order valence-electron chi connectivity index (χ3n) is 2.45. The van der Waals surface area contributed by atoms with Gasteiger partial charge in [-0.25, -0.2) is 18.0 Å². The Morgan fingerprint density at radius 2 is 1.74 bits per heavy atom. The molecule has 19 heavy (non-hydrogen) atoms. The highest BCUT2D eigenvalue weighted by Gasteiger charge is 2.11. The first kappa shape index (κ1) is 12.9. The van der Waals surface area contributed by atoms with Crippen LogP contribution in [-0.4, -0.2) is 11.2 Å². The van der Waals surface area contributed by atoms with Crippen molar-refractivity contribution in [2.75, 3.05) is 5.32 Å². The quantitative estimate of drug-likeness (QED) is 0.868. The number of hydrogen-bond acceptors (Lipinski definition) is 1. The number of rotatable bonds is 2. The first-order valence-electron chi connectivity index (χ1n) is 5.22. The summed E-state index contributed by atoms with van der Waals surface area (Å²) in [6, 6.07) is 6.31. The second-order valence-corrected chi connectivity index (χ2v) is 3.75. The molecule has 0 atom stereocenters. The van der Waals surface area contributed by atoms with Crippen molar-refractivity contribution in [3.05, 3.63) is 53.8 Å². The van der Waals surface area contributed by atoms with E-state index in [9.17, 15) is 18.0 Å². The van der Waals surface area contributed by atoms with Crippen LogP contribution in [0.5, 0.6) is 0 Å². The van der Waals surface area contributed by atoms with Crippen LogP contribution in [0.15, 0.2) is 36.4 Å². The zero-order valence-corrected chi connectivity index (χ0v) is 9.45. The van der Waals surface area contributed by atoms with E-state index in [0.717, 1.165) is 24.3 Å². The summed E-state index contributed by atoms with van der Waals surface area (Å²) in [4.78, 5) is 10.6. The van der Waals surface area contributed by atoms with E-state index in [-0.39, 0.29) is 16.8 Å². The highest BCUT2D eigenvalue weighted by atomic mass is 19.2. The molecule has 0 aliphatic carbocycles. The van der Waals surface area contributed by atoms with E-state index in [1.165, 1.54) is 12.1 Å². The van der Waals surface area contributed by atoms with E-state index in [1.54, 1.807) is 0 Å². The Kier molecular flexibility index (Phi) is 3.41. The van der Waals surface area contributed by atoms with Gasteiger partial charge in [-0.2, -0.15) is 0 Å². The number of anilines is 1. The molecule has 0 spiro atoms. The average molecular weight is 267 g/mol. The summed E-state index contributed by atoms with van der Waals surface area (Å²) in [7, 11) is 0. The maximum Gasteiger partial charge on any atom is 0.409 e. The molecule has 0 radical (unpaired) electrons. The molecule has 0 saturated carbocycles. The van der Waals surface area contributed by atoms with Crippen molar-refractivity contribution in [3.8, 4) is 11.1 Å². The van der Waals surface area contributed by atoms with Gasteiger partial charge in [0.2, 0.25) is 0 Å². The fraction of sp³-hybridized carbons (Fsp3) is 0. The van der Waals surface area contributed by atoms with Crippen molar-refractivity contribution < 1.29 is 23.1 Å². The Labute approximate surface area is 106 Å². The first-order valence-corrected chi connectivity index (χ1v) is 5.22. The fourth-order valence-electron chi connectivity index (χ4n) is 1.64. The second kappa shape index (κ2) is 5.01. The van der Waals surface area contributed by atoms with Crippen molar-refractivity contribution in [1.82, 2.24) is 0 Å². The van der Waals surface area contributed by atoms with Crippen molar-refractivity contribution >= 4 is 11.8 Å². The fourth-order valence-corrected chi connectivity index (χ4v) is 1.64. The molecule has 1 amide bonds. The van der Waals surface area contributed by atoms with E-state index in [0.29, 0.717) is 0 Å². The molecule has 0 aliphatic heterocycles. The van der Waals surface area contributed by atoms with Crippen LogP contribution in [0.4, 0.5) is 23.7 Å². The van der Waals surface area contributed by atoms with Crippen LogP contribution >= 0.6 is 0 Å². The third-order valence-corrected chi connectivity index (χ3v) is 2.45. The predicted molar refractivity (Wildman–Crippen MR) is 63.4 cm³/mol. The Bertz CT molecular complexity index is 644. The van der Waals surface area contributed by atoms with Gasteiger partial charge >= 0.3 is 6.09 Å². The number of amides is 1. The van der Waals surface area contributed by atoms with Crippen molar-refractivity contribution in [1.29, 1.82) is 0 Å². The van der Waals surface area contributed by atoms with E-state index in [1.807, 2.05) is 0 Å². The van der Waals surface area contributed by atoms with E-state index in [4.69, 9.17) is 5.11 Å². The van der Waals surface area contributed by atoms with E-state index in [2.05, 4.69) is 5.32 Å². The van der Waals surface area contributed by atoms with Gasteiger partial charge in [0.15, 0.2) is 11.6 Å². The number of halogens is 3. The maximum atomic E-state index is 13.2. The summed E-state index contributed by atoms with van der Waals surface area (Å²) < 4.78 is 39.2. The van der Waals surface area contributed by atoms with Crippen LogP contribution in [0, 0.1) is 17.5 Å². The monoisotopic (exact) mass is 267 g/mol. The Morgan fingerprint density at radius 1 is 1.00 bits per heavy atom. The molecule has 0 bridgehead atoms. The molecule has 0 heterocycles. The van der Waals surface area contributed by atoms with Crippen LogP contribution < -0.4 is 5.32 Å². The number of hydrogen-bond donors (Lipinski definition) is 2. The molecular weight excluding hydrogens is 259 g/mol. The highest BCUT2D eigenvalue weighted by molar-refractivity contribution is 5.90. The normalized spacial score (nSPS) is 10.3. The lowest BCUT2D eigenvalue weighted by molar-refractivity contribution is 0.210. The lowest BCUT2D eigenvalue weighted by atomic mass is 10.0. The number of benzene rings is 2. The average Bonchev–Trinajstić information content (AvgIpc) is 2.34. The van der Waals surface area contributed by atoms with Gasteiger partial charge in [0.25, 0.3) is 0 Å². The summed E-state index contributed by atoms with van der Waals surface area (Å²) in [5, 5.41) is 10.7. The largest absolute Gasteiger partial charge is 0.465 e. The molecule has 3 nitrogen and oxygen atoms in total. The first-order chi connectivity index (χ1) is 8.97. The van der Waals surface area contributed by atoms with Gasteiger partial charge in [-0.15, -0.1) is 0 Å². The number of carboxylic acid groups (broad SMARTS) is 1. The number of nitrogens with one attached hydrogen (secondary N) is 1. The summed E-state index contributed by atoms with van der Waals surface area (Å²) in [6.07, 6.45) is -1.34. The molecule has 0 saturated heterocycles. The summed E-state index contributed by atoms with van der Waals surface area (Å²) >= 11 is 0. The molecular formula is C13H8F3NO2. The van der Waals surface area contributed by atoms with Gasteiger partial charge in [-0.05, 0) is 35.9 Å². The summed E-state index contributed by atoms with van der Waals surface area (Å²) in [5.74, 6) is -2.74. The smallest absolute Gasteiger partial charge is 0.409 e. The van der Waals surface area contributed by atoms with Gasteiger partial charge in [0.1, 0.15) is 5.82 Å². The van der Waals surface area contributed by atoms with Crippen LogP contribution in [0.2, 0.25) is 0 Å². The van der Waals surface area contributed by atoms with Crippen LogP contribution in [0.1, 0.15) is 0 Å². The van der Waals surface area contributed by atoms with E-state index >= 15 is 0 Å². The van der Waals surface area contributed by atoms with E-state index < -0.39 is 23.5 Å². The molecule has 0 aliphatic rings. The van der Waals surface area contributed by atoms with Crippen molar-refractivity contribution in [2.45, 2.75) is 0 Å². The zero-order valence-electron chi connectivity index (χ0n) is 9.45. The molecule has 0 fully saturated rings. The lowest BCUT2D eigenvalue weighted by Gasteiger charge is -2.10. The zero-order chi connectivity index (χ0) is 14.0. The lowest BCUT2D eigenvalue weighted by Crippen LogP contribution is -2.08. The molecule has 2 aromatic rings. The second-order valence-electron chi connectivity index (χ2n) is 3.75. The topological polar surface area (TPSA) is 49.3 Å². The molecule has 2 aromatic carbocycles. The number of carbonyl (C=O) groups is 1. The predicted octanol–water partition coefficient (Wildman–Crippen LogP) is 3.86. The Morgan fingerprint density at radius 3 is 2.37 bits per heavy atom. The van der Waals surface area contributed by atoms with Gasteiger partial charge in [0.05, 0.1) is 5.69 Å². The maximum absolute atomic E-state index is 13.2. The summed E-state index contributed by atoms with van der Waals surface area (Å²) in [5.41, 5.74) is 0.378. The Hall–Kier alpha value is -2.50. The Balaban J connectivity index is 2.55. The molecule has 0 unspecified atom stereocenters. The minimum atomic E-state index is -1.34. The molecule has 98 valence electrons. The van der Waals surface area contributed by atoms with Crippen LogP contribution in [-0.2, 0) is 0 Å². The minimum Gasteiger partial charge on any atom is -0.465 e. The molecule has 2 N–H and O–H groups in total. The molecule has 0 aromatic heterocycles. The van der Waals surface area contributed by atoms with Crippen molar-refractivity contribution in [2.24, 2.45) is 0 Å². The molecule has 2 rings (SSSR count). The highest BCUT2D eigenvalue weighted by Crippen LogP contribution is 2.29. The minimum absolute atomic E-state index is 0.0832. The van der Waals surface area contributed by atoms with Gasteiger partial charge in [-0.1, -0.05) is 6.07 Å². The van der Waals surface area contributed by atoms with Gasteiger partial charge in [0, 0.05) is 5.56 Å².